The second-order valence-electron chi connectivity index (χ2n) is 4.64. The Bertz CT molecular complexity index is 713. The number of nitrogens with zero attached hydrogens (tertiary/aromatic N) is 1. The van der Waals surface area contributed by atoms with Crippen molar-refractivity contribution in [1.29, 1.82) is 5.26 Å². The number of hydrogen-bond donors (Lipinski definition) is 1. The molecule has 5 heteroatoms. The van der Waals surface area contributed by atoms with Gasteiger partial charge in [0.2, 0.25) is 5.91 Å². The van der Waals surface area contributed by atoms with Crippen molar-refractivity contribution in [1.82, 2.24) is 0 Å². The summed E-state index contributed by atoms with van der Waals surface area (Å²) in [7, 11) is 0. The number of esters is 1. The molecule has 0 spiro atoms. The van der Waals surface area contributed by atoms with Crippen LogP contribution in [0.15, 0.2) is 48.5 Å². The van der Waals surface area contributed by atoms with Gasteiger partial charge in [-0.2, -0.15) is 5.26 Å². The molecule has 1 N–H and O–H groups in total. The second kappa shape index (κ2) is 7.04. The molecular weight excluding hydrogens is 280 g/mol. The molecule has 0 heterocycles. The van der Waals surface area contributed by atoms with E-state index in [0.29, 0.717) is 16.8 Å². The zero-order chi connectivity index (χ0) is 15.9. The molecule has 0 bridgehead atoms. The Morgan fingerprint density at radius 3 is 2.27 bits per heavy atom. The Hall–Kier alpha value is -3.13. The average Bonchev–Trinajstić information content (AvgIpc) is 2.53. The minimum Gasteiger partial charge on any atom is -0.457 e. The molecule has 2 aromatic rings. The fraction of sp³-hybridized carbons (Fsp3) is 0.118. The minimum atomic E-state index is -0.446. The summed E-state index contributed by atoms with van der Waals surface area (Å²) in [4.78, 5) is 22.8. The maximum Gasteiger partial charge on any atom is 0.338 e. The summed E-state index contributed by atoms with van der Waals surface area (Å²) in [6.45, 7) is 1.55. The van der Waals surface area contributed by atoms with Crippen molar-refractivity contribution in [2.45, 2.75) is 13.5 Å². The lowest BCUT2D eigenvalue weighted by Gasteiger charge is -2.06. The van der Waals surface area contributed by atoms with E-state index in [9.17, 15) is 9.59 Å². The van der Waals surface area contributed by atoms with Gasteiger partial charge in [-0.1, -0.05) is 12.1 Å². The van der Waals surface area contributed by atoms with E-state index in [-0.39, 0.29) is 12.5 Å². The standard InChI is InChI=1S/C17H14N2O3/c1-12(20)19-16-8-6-15(7-9-16)17(21)22-11-14-4-2-13(10-18)3-5-14/h2-9H,11H2,1H3,(H,19,20). The number of carbonyl (C=O) groups excluding carboxylic acids is 2. The molecule has 0 aromatic heterocycles. The number of anilines is 1. The third kappa shape index (κ3) is 4.18. The van der Waals surface area contributed by atoms with Gasteiger partial charge in [-0.25, -0.2) is 4.79 Å². The summed E-state index contributed by atoms with van der Waals surface area (Å²) in [5.74, 6) is -0.616. The van der Waals surface area contributed by atoms with Crippen molar-refractivity contribution in [3.8, 4) is 6.07 Å². The van der Waals surface area contributed by atoms with E-state index in [1.54, 1.807) is 48.5 Å². The molecule has 2 aromatic carbocycles. The van der Waals surface area contributed by atoms with Gasteiger partial charge in [0, 0.05) is 12.6 Å². The largest absolute Gasteiger partial charge is 0.457 e. The Morgan fingerprint density at radius 2 is 1.73 bits per heavy atom. The van der Waals surface area contributed by atoms with Crippen LogP contribution >= 0.6 is 0 Å². The fourth-order valence-corrected chi connectivity index (χ4v) is 1.80. The molecule has 0 saturated carbocycles. The maximum absolute atomic E-state index is 11.9. The first-order chi connectivity index (χ1) is 10.6. The van der Waals surface area contributed by atoms with Crippen LogP contribution in [0.5, 0.6) is 0 Å². The molecule has 0 aliphatic carbocycles. The van der Waals surface area contributed by atoms with E-state index in [0.717, 1.165) is 5.56 Å². The molecule has 0 unspecified atom stereocenters. The first-order valence-corrected chi connectivity index (χ1v) is 6.62. The molecular formula is C17H14N2O3. The number of amides is 1. The molecule has 0 atom stereocenters. The van der Waals surface area contributed by atoms with Gasteiger partial charge in [0.15, 0.2) is 0 Å². The van der Waals surface area contributed by atoms with Gasteiger partial charge in [-0.15, -0.1) is 0 Å². The highest BCUT2D eigenvalue weighted by atomic mass is 16.5. The molecule has 0 radical (unpaired) electrons. The minimum absolute atomic E-state index is 0.137. The summed E-state index contributed by atoms with van der Waals surface area (Å²) < 4.78 is 5.20. The molecule has 22 heavy (non-hydrogen) atoms. The van der Waals surface area contributed by atoms with Crippen molar-refractivity contribution in [3.05, 3.63) is 65.2 Å². The van der Waals surface area contributed by atoms with Crippen LogP contribution in [0.4, 0.5) is 5.69 Å². The predicted molar refractivity (Wildman–Crippen MR) is 81.0 cm³/mol. The second-order valence-corrected chi connectivity index (χ2v) is 4.64. The van der Waals surface area contributed by atoms with E-state index in [2.05, 4.69) is 5.32 Å². The summed E-state index contributed by atoms with van der Waals surface area (Å²) in [6, 6.07) is 15.3. The highest BCUT2D eigenvalue weighted by Gasteiger charge is 2.07. The van der Waals surface area contributed by atoms with E-state index in [1.807, 2.05) is 6.07 Å². The number of benzene rings is 2. The molecule has 0 aliphatic rings. The number of carbonyl (C=O) groups is 2. The zero-order valence-electron chi connectivity index (χ0n) is 12.0. The Kier molecular flexibility index (Phi) is 4.89. The van der Waals surface area contributed by atoms with Crippen LogP contribution in [-0.2, 0) is 16.1 Å². The highest BCUT2D eigenvalue weighted by Crippen LogP contribution is 2.12. The SMILES string of the molecule is CC(=O)Nc1ccc(C(=O)OCc2ccc(C#N)cc2)cc1. The monoisotopic (exact) mass is 294 g/mol. The van der Waals surface area contributed by atoms with Crippen LogP contribution < -0.4 is 5.32 Å². The summed E-state index contributed by atoms with van der Waals surface area (Å²) in [6.07, 6.45) is 0. The van der Waals surface area contributed by atoms with Gasteiger partial charge < -0.3 is 10.1 Å². The third-order valence-corrected chi connectivity index (χ3v) is 2.89. The lowest BCUT2D eigenvalue weighted by Crippen LogP contribution is -2.07. The Labute approximate surface area is 128 Å². The van der Waals surface area contributed by atoms with Crippen LogP contribution in [0, 0.1) is 11.3 Å². The number of nitrogens with one attached hydrogen (secondary N) is 1. The Morgan fingerprint density at radius 1 is 1.09 bits per heavy atom. The highest BCUT2D eigenvalue weighted by molar-refractivity contribution is 5.92. The van der Waals surface area contributed by atoms with E-state index in [1.165, 1.54) is 6.92 Å². The van der Waals surface area contributed by atoms with Crippen LogP contribution in [-0.4, -0.2) is 11.9 Å². The van der Waals surface area contributed by atoms with Crippen LogP contribution in [0.3, 0.4) is 0 Å². The average molecular weight is 294 g/mol. The zero-order valence-corrected chi connectivity index (χ0v) is 12.0. The van der Waals surface area contributed by atoms with E-state index < -0.39 is 5.97 Å². The topological polar surface area (TPSA) is 79.2 Å². The van der Waals surface area contributed by atoms with Gasteiger partial charge in [0.1, 0.15) is 6.61 Å². The summed E-state index contributed by atoms with van der Waals surface area (Å²) >= 11 is 0. The van der Waals surface area contributed by atoms with Crippen molar-refractivity contribution in [2.75, 3.05) is 5.32 Å². The summed E-state index contributed by atoms with van der Waals surface area (Å²) in [5.41, 5.74) is 2.39. The van der Waals surface area contributed by atoms with Crippen LogP contribution in [0.1, 0.15) is 28.4 Å². The van der Waals surface area contributed by atoms with Crippen LogP contribution in [0.25, 0.3) is 0 Å². The quantitative estimate of drug-likeness (QED) is 0.879. The number of rotatable bonds is 4. The predicted octanol–water partition coefficient (Wildman–Crippen LogP) is 2.87. The number of hydrogen-bond acceptors (Lipinski definition) is 4. The first kappa shape index (κ1) is 15.3. The smallest absolute Gasteiger partial charge is 0.338 e. The van der Waals surface area contributed by atoms with E-state index >= 15 is 0 Å². The maximum atomic E-state index is 11.9. The van der Waals surface area contributed by atoms with Gasteiger partial charge in [-0.05, 0) is 42.0 Å². The van der Waals surface area contributed by atoms with Crippen LogP contribution in [0.2, 0.25) is 0 Å². The van der Waals surface area contributed by atoms with Crippen molar-refractivity contribution < 1.29 is 14.3 Å². The van der Waals surface area contributed by atoms with Crippen molar-refractivity contribution in [2.24, 2.45) is 0 Å². The van der Waals surface area contributed by atoms with Gasteiger partial charge in [0.05, 0.1) is 17.2 Å². The molecule has 5 nitrogen and oxygen atoms in total. The lowest BCUT2D eigenvalue weighted by molar-refractivity contribution is -0.114. The van der Waals surface area contributed by atoms with Gasteiger partial charge in [-0.3, -0.25) is 4.79 Å². The number of nitriles is 1. The summed E-state index contributed by atoms with van der Waals surface area (Å²) in [5, 5.41) is 11.3. The molecule has 0 saturated heterocycles. The molecule has 0 aliphatic heterocycles. The van der Waals surface area contributed by atoms with Crippen molar-refractivity contribution >= 4 is 17.6 Å². The third-order valence-electron chi connectivity index (χ3n) is 2.89. The number of ether oxygens (including phenoxy) is 1. The normalized spacial score (nSPS) is 9.64. The molecule has 2 rings (SSSR count). The lowest BCUT2D eigenvalue weighted by atomic mass is 10.1. The first-order valence-electron chi connectivity index (χ1n) is 6.62. The molecule has 110 valence electrons. The molecule has 1 amide bonds. The van der Waals surface area contributed by atoms with Gasteiger partial charge >= 0.3 is 5.97 Å². The Balaban J connectivity index is 1.94. The fourth-order valence-electron chi connectivity index (χ4n) is 1.80. The molecule has 0 fully saturated rings. The van der Waals surface area contributed by atoms with E-state index in [4.69, 9.17) is 10.00 Å². The van der Waals surface area contributed by atoms with Gasteiger partial charge in [0.25, 0.3) is 0 Å². The van der Waals surface area contributed by atoms with Crippen molar-refractivity contribution in [3.63, 3.8) is 0 Å².